The zero-order valence-corrected chi connectivity index (χ0v) is 10.7. The predicted octanol–water partition coefficient (Wildman–Crippen LogP) is 1.41. The molecule has 0 atom stereocenters. The lowest BCUT2D eigenvalue weighted by atomic mass is 9.94. The van der Waals surface area contributed by atoms with Gasteiger partial charge >= 0.3 is 5.97 Å². The highest BCUT2D eigenvalue weighted by Crippen LogP contribution is 2.15. The fourth-order valence-electron chi connectivity index (χ4n) is 1.53. The number of ether oxygens (including phenoxy) is 1. The molecule has 94 valence electrons. The molecule has 0 amide bonds. The molecule has 0 aromatic carbocycles. The molecule has 0 saturated carbocycles. The molecule has 0 aliphatic heterocycles. The van der Waals surface area contributed by atoms with Gasteiger partial charge in [-0.1, -0.05) is 0 Å². The van der Waals surface area contributed by atoms with Gasteiger partial charge in [0.15, 0.2) is 0 Å². The molecule has 0 spiro atoms. The average Bonchev–Trinajstić information content (AvgIpc) is 2.35. The van der Waals surface area contributed by atoms with E-state index in [0.717, 1.165) is 13.0 Å². The van der Waals surface area contributed by atoms with Crippen molar-refractivity contribution in [3.8, 4) is 0 Å². The molecule has 0 fully saturated rings. The van der Waals surface area contributed by atoms with Crippen LogP contribution >= 0.6 is 0 Å². The number of nitrogens with zero attached hydrogens (tertiary/aromatic N) is 1. The van der Waals surface area contributed by atoms with Crippen molar-refractivity contribution in [3.05, 3.63) is 30.1 Å². The van der Waals surface area contributed by atoms with Crippen LogP contribution < -0.4 is 5.32 Å². The van der Waals surface area contributed by atoms with Crippen molar-refractivity contribution in [3.63, 3.8) is 0 Å². The van der Waals surface area contributed by atoms with E-state index in [1.54, 1.807) is 12.4 Å². The van der Waals surface area contributed by atoms with Gasteiger partial charge in [-0.3, -0.25) is 9.78 Å². The maximum absolute atomic E-state index is 11.4. The smallest absolute Gasteiger partial charge is 0.312 e. The molecule has 0 saturated heterocycles. The molecule has 1 rings (SSSR count). The standard InChI is InChI=1S/C13H20N2O2/c1-13(2,12(16)17-3)10-15-9-6-11-4-7-14-8-5-11/h4-5,7-8,15H,6,9-10H2,1-3H3. The van der Waals surface area contributed by atoms with Gasteiger partial charge in [0.25, 0.3) is 0 Å². The number of nitrogens with one attached hydrogen (secondary N) is 1. The lowest BCUT2D eigenvalue weighted by molar-refractivity contribution is -0.150. The Morgan fingerprint density at radius 3 is 2.65 bits per heavy atom. The molecule has 1 heterocycles. The Kier molecular flexibility index (Phi) is 5.10. The van der Waals surface area contributed by atoms with Crippen LogP contribution in [0.15, 0.2) is 24.5 Å². The molecule has 0 bridgehead atoms. The Balaban J connectivity index is 2.27. The van der Waals surface area contributed by atoms with Crippen molar-refractivity contribution >= 4 is 5.97 Å². The first-order chi connectivity index (χ1) is 8.06. The molecule has 1 aromatic heterocycles. The van der Waals surface area contributed by atoms with E-state index in [0.29, 0.717) is 6.54 Å². The summed E-state index contributed by atoms with van der Waals surface area (Å²) in [6.07, 6.45) is 4.50. The molecular weight excluding hydrogens is 216 g/mol. The molecule has 0 aliphatic carbocycles. The Labute approximate surface area is 102 Å². The van der Waals surface area contributed by atoms with Crippen molar-refractivity contribution in [2.24, 2.45) is 5.41 Å². The van der Waals surface area contributed by atoms with Crippen molar-refractivity contribution in [2.45, 2.75) is 20.3 Å². The number of pyridine rings is 1. The van der Waals surface area contributed by atoms with Crippen LogP contribution in [-0.4, -0.2) is 31.2 Å². The number of aromatic nitrogens is 1. The van der Waals surface area contributed by atoms with Gasteiger partial charge in [0.1, 0.15) is 0 Å². The number of rotatable bonds is 6. The molecule has 0 unspecified atom stereocenters. The third-order valence-electron chi connectivity index (χ3n) is 2.64. The van der Waals surface area contributed by atoms with Crippen LogP contribution in [0.1, 0.15) is 19.4 Å². The van der Waals surface area contributed by atoms with Crippen molar-refractivity contribution in [1.82, 2.24) is 10.3 Å². The van der Waals surface area contributed by atoms with Crippen molar-refractivity contribution in [1.29, 1.82) is 0 Å². The van der Waals surface area contributed by atoms with Crippen LogP contribution in [0.4, 0.5) is 0 Å². The Morgan fingerprint density at radius 2 is 2.06 bits per heavy atom. The number of carbonyl (C=O) groups is 1. The minimum Gasteiger partial charge on any atom is -0.469 e. The highest BCUT2D eigenvalue weighted by Gasteiger charge is 2.27. The molecular formula is C13H20N2O2. The van der Waals surface area contributed by atoms with Crippen LogP contribution in [0.3, 0.4) is 0 Å². The maximum Gasteiger partial charge on any atom is 0.312 e. The minimum atomic E-state index is -0.479. The van der Waals surface area contributed by atoms with E-state index in [-0.39, 0.29) is 5.97 Å². The largest absolute Gasteiger partial charge is 0.469 e. The van der Waals surface area contributed by atoms with E-state index in [1.165, 1.54) is 12.7 Å². The number of esters is 1. The molecule has 1 N–H and O–H groups in total. The highest BCUT2D eigenvalue weighted by atomic mass is 16.5. The van der Waals surface area contributed by atoms with Crippen LogP contribution in [-0.2, 0) is 16.0 Å². The summed E-state index contributed by atoms with van der Waals surface area (Å²) in [6, 6.07) is 3.99. The number of carbonyl (C=O) groups excluding carboxylic acids is 1. The quantitative estimate of drug-likeness (QED) is 0.599. The van der Waals surface area contributed by atoms with Crippen LogP contribution in [0.5, 0.6) is 0 Å². The summed E-state index contributed by atoms with van der Waals surface area (Å²) in [5.41, 5.74) is 0.760. The summed E-state index contributed by atoms with van der Waals surface area (Å²) in [7, 11) is 1.42. The molecule has 0 aliphatic rings. The van der Waals surface area contributed by atoms with E-state index in [9.17, 15) is 4.79 Å². The van der Waals surface area contributed by atoms with Gasteiger partial charge in [-0.05, 0) is 44.5 Å². The van der Waals surface area contributed by atoms with E-state index >= 15 is 0 Å². The zero-order valence-electron chi connectivity index (χ0n) is 10.7. The number of methoxy groups -OCH3 is 1. The van der Waals surface area contributed by atoms with E-state index in [4.69, 9.17) is 4.74 Å². The lowest BCUT2D eigenvalue weighted by Crippen LogP contribution is -2.37. The topological polar surface area (TPSA) is 51.2 Å². The number of hydrogen-bond acceptors (Lipinski definition) is 4. The van der Waals surface area contributed by atoms with Gasteiger partial charge < -0.3 is 10.1 Å². The fourth-order valence-corrected chi connectivity index (χ4v) is 1.53. The van der Waals surface area contributed by atoms with E-state index in [1.807, 2.05) is 26.0 Å². The zero-order chi connectivity index (χ0) is 12.7. The second-order valence-electron chi connectivity index (χ2n) is 4.66. The van der Waals surface area contributed by atoms with E-state index in [2.05, 4.69) is 10.3 Å². The summed E-state index contributed by atoms with van der Waals surface area (Å²) in [4.78, 5) is 15.4. The monoisotopic (exact) mass is 236 g/mol. The maximum atomic E-state index is 11.4. The molecule has 17 heavy (non-hydrogen) atoms. The summed E-state index contributed by atoms with van der Waals surface area (Å²) < 4.78 is 4.74. The molecule has 4 nitrogen and oxygen atoms in total. The van der Waals surface area contributed by atoms with Crippen molar-refractivity contribution in [2.75, 3.05) is 20.2 Å². The van der Waals surface area contributed by atoms with Gasteiger partial charge in [0, 0.05) is 18.9 Å². The first-order valence-electron chi connectivity index (χ1n) is 5.74. The molecule has 1 aromatic rings. The van der Waals surface area contributed by atoms with Crippen LogP contribution in [0.25, 0.3) is 0 Å². The first kappa shape index (κ1) is 13.6. The third kappa shape index (κ3) is 4.53. The van der Waals surface area contributed by atoms with Gasteiger partial charge in [0.2, 0.25) is 0 Å². The summed E-state index contributed by atoms with van der Waals surface area (Å²) in [5, 5.41) is 3.27. The average molecular weight is 236 g/mol. The molecule has 4 heteroatoms. The van der Waals surface area contributed by atoms with Crippen LogP contribution in [0.2, 0.25) is 0 Å². The molecule has 0 radical (unpaired) electrons. The van der Waals surface area contributed by atoms with Gasteiger partial charge in [-0.25, -0.2) is 0 Å². The SMILES string of the molecule is COC(=O)C(C)(C)CNCCc1ccncc1. The first-order valence-corrected chi connectivity index (χ1v) is 5.74. The predicted molar refractivity (Wildman–Crippen MR) is 66.6 cm³/mol. The van der Waals surface area contributed by atoms with Gasteiger partial charge in [-0.15, -0.1) is 0 Å². The Bertz CT molecular complexity index is 350. The van der Waals surface area contributed by atoms with Gasteiger partial charge in [-0.2, -0.15) is 0 Å². The van der Waals surface area contributed by atoms with E-state index < -0.39 is 5.41 Å². The fraction of sp³-hybridized carbons (Fsp3) is 0.538. The van der Waals surface area contributed by atoms with Gasteiger partial charge in [0.05, 0.1) is 12.5 Å². The normalized spacial score (nSPS) is 11.2. The third-order valence-corrected chi connectivity index (χ3v) is 2.64. The summed E-state index contributed by atoms with van der Waals surface area (Å²) in [5.74, 6) is -0.186. The second kappa shape index (κ2) is 6.35. The summed E-state index contributed by atoms with van der Waals surface area (Å²) >= 11 is 0. The highest BCUT2D eigenvalue weighted by molar-refractivity contribution is 5.76. The Hall–Kier alpha value is -1.42. The van der Waals surface area contributed by atoms with Crippen molar-refractivity contribution < 1.29 is 9.53 Å². The number of hydrogen-bond donors (Lipinski definition) is 1. The summed E-state index contributed by atoms with van der Waals surface area (Å²) in [6.45, 7) is 5.20. The Morgan fingerprint density at radius 1 is 1.41 bits per heavy atom. The van der Waals surface area contributed by atoms with Crippen LogP contribution in [0, 0.1) is 5.41 Å². The lowest BCUT2D eigenvalue weighted by Gasteiger charge is -2.21. The minimum absolute atomic E-state index is 0.186. The second-order valence-corrected chi connectivity index (χ2v) is 4.66.